The molecular weight excluding hydrogens is 456 g/mol. The van der Waals surface area contributed by atoms with Crippen LogP contribution in [0.2, 0.25) is 0 Å². The summed E-state index contributed by atoms with van der Waals surface area (Å²) in [4.78, 5) is 17.7. The number of aliphatic carboxylic acids is 1. The minimum absolute atomic E-state index is 0.00567. The molecule has 2 aromatic rings. The molecule has 1 N–H and O–H groups in total. The van der Waals surface area contributed by atoms with Gasteiger partial charge < -0.3 is 9.67 Å². The van der Waals surface area contributed by atoms with Crippen molar-refractivity contribution in [3.05, 3.63) is 40.6 Å². The van der Waals surface area contributed by atoms with E-state index >= 15 is 0 Å². The quantitative estimate of drug-likeness (QED) is 0.597. The van der Waals surface area contributed by atoms with Crippen molar-refractivity contribution in [1.29, 1.82) is 0 Å². The van der Waals surface area contributed by atoms with Crippen molar-refractivity contribution in [2.45, 2.75) is 66.7 Å². The topological polar surface area (TPSA) is 89.3 Å². The Morgan fingerprint density at radius 3 is 2.84 bits per heavy atom. The van der Waals surface area contributed by atoms with Crippen molar-refractivity contribution in [1.82, 2.24) is 9.55 Å². The number of allylic oxidation sites excluding steroid dienone is 3. The first-order chi connectivity index (χ1) is 14.5. The summed E-state index contributed by atoms with van der Waals surface area (Å²) in [6.07, 6.45) is 9.06. The van der Waals surface area contributed by atoms with Crippen molar-refractivity contribution < 1.29 is 18.3 Å². The highest BCUT2D eigenvalue weighted by atomic mass is 35.5. The van der Waals surface area contributed by atoms with Crippen LogP contribution in [-0.2, 0) is 21.2 Å². The van der Waals surface area contributed by atoms with Gasteiger partial charge in [-0.2, -0.15) is 0 Å². The maximum absolute atomic E-state index is 12.6. The predicted octanol–water partition coefficient (Wildman–Crippen LogP) is 5.12. The molecule has 3 heterocycles. The van der Waals surface area contributed by atoms with Gasteiger partial charge in [-0.1, -0.05) is 23.9 Å². The van der Waals surface area contributed by atoms with Crippen LogP contribution in [0.3, 0.4) is 0 Å². The van der Waals surface area contributed by atoms with Gasteiger partial charge >= 0.3 is 5.97 Å². The lowest BCUT2D eigenvalue weighted by Crippen LogP contribution is -2.18. The van der Waals surface area contributed by atoms with Crippen LogP contribution in [0, 0.1) is 0 Å². The zero-order valence-corrected chi connectivity index (χ0v) is 20.1. The number of pyridine rings is 1. The first-order valence-electron chi connectivity index (χ1n) is 10.2. The summed E-state index contributed by atoms with van der Waals surface area (Å²) in [5, 5.41) is 10.1. The first-order valence-corrected chi connectivity index (χ1v) is 13.3. The lowest BCUT2D eigenvalue weighted by Gasteiger charge is -2.26. The number of hydrogen-bond donors (Lipinski definition) is 1. The molecule has 0 saturated heterocycles. The number of thioether (sulfide) groups is 1. The van der Waals surface area contributed by atoms with Gasteiger partial charge in [0.1, 0.15) is 5.65 Å². The van der Waals surface area contributed by atoms with Gasteiger partial charge in [0.25, 0.3) is 0 Å². The second-order valence-corrected chi connectivity index (χ2v) is 12.5. The molecule has 2 atom stereocenters. The normalized spacial score (nSPS) is 23.9. The van der Waals surface area contributed by atoms with Gasteiger partial charge in [-0.15, -0.1) is 11.6 Å². The Bertz CT molecular complexity index is 1240. The number of sulfone groups is 1. The Hall–Kier alpha value is -1.77. The second kappa shape index (κ2) is 7.98. The third-order valence-corrected chi connectivity index (χ3v) is 8.57. The minimum Gasteiger partial charge on any atom is -0.481 e. The fourth-order valence-corrected chi connectivity index (χ4v) is 7.04. The molecular formula is C22H25ClN2O4S2. The Kier molecular flexibility index (Phi) is 5.77. The van der Waals surface area contributed by atoms with Gasteiger partial charge in [0.2, 0.25) is 0 Å². The van der Waals surface area contributed by atoms with Crippen molar-refractivity contribution in [2.75, 3.05) is 6.26 Å². The van der Waals surface area contributed by atoms with Crippen molar-refractivity contribution >= 4 is 50.2 Å². The lowest BCUT2D eigenvalue weighted by molar-refractivity contribution is -0.137. The zero-order valence-electron chi connectivity index (χ0n) is 17.7. The number of aromatic nitrogens is 2. The first kappa shape index (κ1) is 22.4. The summed E-state index contributed by atoms with van der Waals surface area (Å²) in [7, 11) is -3.50. The molecule has 1 aliphatic heterocycles. The van der Waals surface area contributed by atoms with Crippen LogP contribution in [0.4, 0.5) is 0 Å². The van der Waals surface area contributed by atoms with Crippen molar-refractivity contribution in [3.8, 4) is 0 Å². The smallest absolute Gasteiger partial charge is 0.304 e. The summed E-state index contributed by atoms with van der Waals surface area (Å²) in [5.41, 5.74) is 2.51. The lowest BCUT2D eigenvalue weighted by atomic mass is 9.93. The number of fused-ring (bicyclic) bond motifs is 3. The summed E-state index contributed by atoms with van der Waals surface area (Å²) in [6, 6.07) is 1.54. The van der Waals surface area contributed by atoms with Gasteiger partial charge in [-0.05, 0) is 44.7 Å². The Balaban J connectivity index is 1.97. The standard InChI is InChI=1S/C22H25ClN2O4S2/c1-13-12-22(2,23)8-6-15(13)30-20-18-16(31(3,28)29)7-9-24-21(18)25-10-4-5-14(19(20)25)11-17(26)27/h6-7,9,12,14H,4-5,8,10-11H2,1-3H3,(H,26,27). The van der Waals surface area contributed by atoms with E-state index in [0.717, 1.165) is 33.9 Å². The highest BCUT2D eigenvalue weighted by Gasteiger charge is 2.33. The summed E-state index contributed by atoms with van der Waals surface area (Å²) >= 11 is 8.00. The van der Waals surface area contributed by atoms with Gasteiger partial charge in [0.05, 0.1) is 21.6 Å². The molecule has 0 spiro atoms. The largest absolute Gasteiger partial charge is 0.481 e. The van der Waals surface area contributed by atoms with E-state index in [1.807, 2.05) is 24.5 Å². The van der Waals surface area contributed by atoms with Gasteiger partial charge in [0, 0.05) is 40.4 Å². The maximum Gasteiger partial charge on any atom is 0.304 e. The number of alkyl halides is 1. The van der Waals surface area contributed by atoms with E-state index < -0.39 is 20.7 Å². The summed E-state index contributed by atoms with van der Waals surface area (Å²) in [6.45, 7) is 4.64. The Morgan fingerprint density at radius 2 is 2.19 bits per heavy atom. The number of aryl methyl sites for hydroxylation is 1. The van der Waals surface area contributed by atoms with Gasteiger partial charge in [-0.3, -0.25) is 4.79 Å². The maximum atomic E-state index is 12.6. The molecule has 0 saturated carbocycles. The van der Waals surface area contributed by atoms with Crippen LogP contribution in [-0.4, -0.2) is 40.2 Å². The van der Waals surface area contributed by atoms with E-state index in [9.17, 15) is 18.3 Å². The number of rotatable bonds is 5. The van der Waals surface area contributed by atoms with E-state index in [-0.39, 0.29) is 17.2 Å². The third kappa shape index (κ3) is 4.30. The van der Waals surface area contributed by atoms with E-state index in [1.54, 1.807) is 0 Å². The van der Waals surface area contributed by atoms with Gasteiger partial charge in [-0.25, -0.2) is 13.4 Å². The second-order valence-electron chi connectivity index (χ2n) is 8.56. The molecule has 6 nitrogen and oxygen atoms in total. The highest BCUT2D eigenvalue weighted by molar-refractivity contribution is 8.03. The fraction of sp³-hybridized carbons (Fsp3) is 0.455. The number of carboxylic acids is 1. The van der Waals surface area contributed by atoms with E-state index in [4.69, 9.17) is 11.6 Å². The molecule has 31 heavy (non-hydrogen) atoms. The van der Waals surface area contributed by atoms with Crippen LogP contribution < -0.4 is 0 Å². The summed E-state index contributed by atoms with van der Waals surface area (Å²) < 4.78 is 27.3. The fourth-order valence-electron chi connectivity index (χ4n) is 4.57. The molecule has 2 aromatic heterocycles. The van der Waals surface area contributed by atoms with Crippen LogP contribution in [0.5, 0.6) is 0 Å². The molecule has 2 aliphatic rings. The van der Waals surface area contributed by atoms with Crippen LogP contribution in [0.1, 0.15) is 51.1 Å². The molecule has 0 amide bonds. The van der Waals surface area contributed by atoms with Crippen LogP contribution >= 0.6 is 23.4 Å². The monoisotopic (exact) mass is 480 g/mol. The summed E-state index contributed by atoms with van der Waals surface area (Å²) in [5.74, 6) is -1.05. The number of carbonyl (C=O) groups is 1. The van der Waals surface area contributed by atoms with E-state index in [1.165, 1.54) is 30.3 Å². The van der Waals surface area contributed by atoms with Crippen molar-refractivity contribution in [3.63, 3.8) is 0 Å². The zero-order chi connectivity index (χ0) is 22.6. The van der Waals surface area contributed by atoms with Crippen LogP contribution in [0.25, 0.3) is 11.0 Å². The molecule has 2 unspecified atom stereocenters. The van der Waals surface area contributed by atoms with E-state index in [2.05, 4.69) is 11.1 Å². The SMILES string of the molecule is CC1=CC(C)(Cl)CC=C1Sc1c2n(c3nccc(S(C)(=O)=O)c13)CCCC2CC(=O)O. The van der Waals surface area contributed by atoms with Crippen molar-refractivity contribution in [2.24, 2.45) is 0 Å². The predicted molar refractivity (Wildman–Crippen MR) is 124 cm³/mol. The number of hydrogen-bond acceptors (Lipinski definition) is 5. The Morgan fingerprint density at radius 1 is 1.45 bits per heavy atom. The minimum atomic E-state index is -3.50. The molecule has 0 radical (unpaired) electrons. The molecule has 1 aliphatic carbocycles. The average Bonchev–Trinajstić information content (AvgIpc) is 2.97. The Labute approximate surface area is 191 Å². The molecule has 0 aromatic carbocycles. The molecule has 0 bridgehead atoms. The molecule has 166 valence electrons. The van der Waals surface area contributed by atoms with E-state index in [0.29, 0.717) is 24.0 Å². The third-order valence-electron chi connectivity index (χ3n) is 5.85. The van der Waals surface area contributed by atoms with Gasteiger partial charge in [0.15, 0.2) is 9.84 Å². The average molecular weight is 481 g/mol. The number of halogens is 1. The molecule has 0 fully saturated rings. The number of carboxylic acid groups (broad SMARTS) is 1. The molecule has 9 heteroatoms. The molecule has 4 rings (SSSR count). The number of nitrogens with zero attached hydrogens (tertiary/aromatic N) is 2. The highest BCUT2D eigenvalue weighted by Crippen LogP contribution is 2.49. The van der Waals surface area contributed by atoms with Crippen LogP contribution in [0.15, 0.2) is 44.7 Å².